The van der Waals surface area contributed by atoms with E-state index in [0.29, 0.717) is 31.5 Å². The van der Waals surface area contributed by atoms with Gasteiger partial charge in [0.2, 0.25) is 0 Å². The Morgan fingerprint density at radius 2 is 0.970 bits per heavy atom. The Morgan fingerprint density at radius 1 is 0.530 bits per heavy atom. The van der Waals surface area contributed by atoms with Crippen molar-refractivity contribution in [2.24, 2.45) is 0 Å². The van der Waals surface area contributed by atoms with Crippen LogP contribution in [0.4, 0.5) is 0 Å². The summed E-state index contributed by atoms with van der Waals surface area (Å²) in [4.78, 5) is 35.7. The maximum absolute atomic E-state index is 12.8. The standard InChI is InChI=1S/C51H79O14P/c1-3-5-7-8-9-10-11-12-13-14-15-16-20-23-26-29-33-37-44(52)61-39-41(40-62-66(59,60)65-51-49(57)47(55)46(54)48(56)50(51)58)63-45(53)38-34-30-27-24-21-18-17-19-22-25-28-32-36-43-42(64-43)35-31-6-4-2/h5-7,9-10,12-13,15-16,18-19,21-22,27-28,30-32,41-43,46-51,54-58H,3-4,8,11,14,17,20,23-26,29,33-40H2,1-2H3,(H,59,60)/b7-5-,10-9-,13-12-,16-15-,21-18-,22-19-,30-27-,31-6-,32-28-/t41-,42?,43?,46?,47-,48+,49-,50-,51?/m1/s1. The van der Waals surface area contributed by atoms with Crippen molar-refractivity contribution in [3.8, 4) is 0 Å². The Morgan fingerprint density at radius 3 is 1.52 bits per heavy atom. The molecule has 2 fully saturated rings. The molecule has 1 aliphatic carbocycles. The average Bonchev–Trinajstić information content (AvgIpc) is 4.06. The Labute approximate surface area is 393 Å². The van der Waals surface area contributed by atoms with Crippen molar-refractivity contribution in [1.82, 2.24) is 0 Å². The monoisotopic (exact) mass is 947 g/mol. The molecule has 0 aromatic carbocycles. The number of carbonyl (C=O) groups is 2. The number of aliphatic hydroxyl groups excluding tert-OH is 5. The van der Waals surface area contributed by atoms with Gasteiger partial charge in [0.05, 0.1) is 18.8 Å². The number of epoxide rings is 1. The highest BCUT2D eigenvalue weighted by molar-refractivity contribution is 7.47. The molecule has 2 aliphatic rings. The molecule has 1 heterocycles. The van der Waals surface area contributed by atoms with Crippen LogP contribution in [0, 0.1) is 0 Å². The molecule has 1 saturated carbocycles. The number of allylic oxidation sites excluding steroid dienone is 16. The molecular weight excluding hydrogens is 868 g/mol. The van der Waals surface area contributed by atoms with E-state index in [1.54, 1.807) is 0 Å². The zero-order chi connectivity index (χ0) is 48.3. The first-order valence-electron chi connectivity index (χ1n) is 23.8. The minimum atomic E-state index is -5.16. The van der Waals surface area contributed by atoms with Crippen LogP contribution < -0.4 is 0 Å². The summed E-state index contributed by atoms with van der Waals surface area (Å²) in [6.45, 7) is 2.97. The molecule has 0 radical (unpaired) electrons. The third-order valence-corrected chi connectivity index (χ3v) is 11.5. The van der Waals surface area contributed by atoms with Crippen molar-refractivity contribution < 1.29 is 67.8 Å². The lowest BCUT2D eigenvalue weighted by atomic mass is 9.85. The molecule has 372 valence electrons. The average molecular weight is 947 g/mol. The zero-order valence-electron chi connectivity index (χ0n) is 39.1. The molecule has 1 aliphatic heterocycles. The molecule has 10 atom stereocenters. The first-order valence-corrected chi connectivity index (χ1v) is 25.3. The van der Waals surface area contributed by atoms with Crippen LogP contribution in [0.25, 0.3) is 0 Å². The predicted molar refractivity (Wildman–Crippen MR) is 257 cm³/mol. The number of phosphoric acid groups is 1. The summed E-state index contributed by atoms with van der Waals surface area (Å²) in [6.07, 6.45) is 39.0. The van der Waals surface area contributed by atoms with E-state index in [-0.39, 0.29) is 12.8 Å². The van der Waals surface area contributed by atoms with E-state index < -0.39 is 75.7 Å². The van der Waals surface area contributed by atoms with Crippen LogP contribution in [0.15, 0.2) is 109 Å². The van der Waals surface area contributed by atoms with E-state index in [4.69, 9.17) is 23.3 Å². The number of aliphatic hydroxyl groups is 5. The summed E-state index contributed by atoms with van der Waals surface area (Å²) in [6, 6.07) is 0. The molecule has 0 amide bonds. The number of ether oxygens (including phenoxy) is 3. The zero-order valence-corrected chi connectivity index (χ0v) is 40.0. The SMILES string of the molecule is CC/C=C\C/C=C\C/C=C\C/C=C\CCCCCCC(=O)OC[C@H](COP(=O)(O)OC1[C@H](O)[C@H](O)C(O)[C@H](O)[C@H]1O)OC(=O)CC/C=C\C/C=C\C/C=C\C/C=C\CC1OC1C/C=C\CC. The summed E-state index contributed by atoms with van der Waals surface area (Å²) in [5.41, 5.74) is 0. The minimum absolute atomic E-state index is 0.0445. The van der Waals surface area contributed by atoms with Crippen molar-refractivity contribution >= 4 is 19.8 Å². The largest absolute Gasteiger partial charge is 0.472 e. The molecule has 2 rings (SSSR count). The van der Waals surface area contributed by atoms with Gasteiger partial charge < -0.3 is 44.6 Å². The van der Waals surface area contributed by atoms with Crippen molar-refractivity contribution in [2.75, 3.05) is 13.2 Å². The fourth-order valence-corrected chi connectivity index (χ4v) is 7.61. The van der Waals surface area contributed by atoms with E-state index in [1.165, 1.54) is 0 Å². The van der Waals surface area contributed by atoms with Gasteiger partial charge >= 0.3 is 19.8 Å². The fourth-order valence-electron chi connectivity index (χ4n) is 6.64. The number of carbonyl (C=O) groups excluding carboxylic acids is 2. The molecule has 15 heteroatoms. The first-order chi connectivity index (χ1) is 31.9. The minimum Gasteiger partial charge on any atom is -0.462 e. The summed E-state index contributed by atoms with van der Waals surface area (Å²) in [5.74, 6) is -1.24. The van der Waals surface area contributed by atoms with Crippen molar-refractivity contribution in [1.29, 1.82) is 0 Å². The van der Waals surface area contributed by atoms with E-state index in [1.807, 2.05) is 18.2 Å². The maximum atomic E-state index is 12.8. The Balaban J connectivity index is 1.74. The molecule has 66 heavy (non-hydrogen) atoms. The van der Waals surface area contributed by atoms with Gasteiger partial charge in [-0.15, -0.1) is 0 Å². The number of phosphoric ester groups is 1. The van der Waals surface area contributed by atoms with Crippen LogP contribution in [0.1, 0.15) is 129 Å². The van der Waals surface area contributed by atoms with Crippen LogP contribution in [0.3, 0.4) is 0 Å². The second-order valence-corrected chi connectivity index (χ2v) is 17.6. The highest BCUT2D eigenvalue weighted by Crippen LogP contribution is 2.47. The highest BCUT2D eigenvalue weighted by atomic mass is 31.2. The van der Waals surface area contributed by atoms with Crippen molar-refractivity contribution in [3.05, 3.63) is 109 Å². The number of unbranched alkanes of at least 4 members (excludes halogenated alkanes) is 4. The Kier molecular flexibility index (Phi) is 32.4. The molecule has 5 unspecified atom stereocenters. The number of esters is 2. The normalized spacial score (nSPS) is 25.3. The van der Waals surface area contributed by atoms with Crippen LogP contribution >= 0.6 is 7.82 Å². The van der Waals surface area contributed by atoms with Gasteiger partial charge in [-0.25, -0.2) is 4.57 Å². The molecule has 1 saturated heterocycles. The van der Waals surface area contributed by atoms with E-state index >= 15 is 0 Å². The van der Waals surface area contributed by atoms with E-state index in [0.717, 1.165) is 83.5 Å². The van der Waals surface area contributed by atoms with Gasteiger partial charge in [0.25, 0.3) is 0 Å². The number of hydrogen-bond donors (Lipinski definition) is 6. The second kappa shape index (κ2) is 36.5. The lowest BCUT2D eigenvalue weighted by molar-refractivity contribution is -0.220. The number of hydrogen-bond acceptors (Lipinski definition) is 13. The molecule has 0 spiro atoms. The van der Waals surface area contributed by atoms with Crippen molar-refractivity contribution in [2.45, 2.75) is 184 Å². The molecule has 0 aromatic rings. The van der Waals surface area contributed by atoms with Gasteiger partial charge in [-0.1, -0.05) is 136 Å². The second-order valence-electron chi connectivity index (χ2n) is 16.2. The predicted octanol–water partition coefficient (Wildman–Crippen LogP) is 8.60. The lowest BCUT2D eigenvalue weighted by Crippen LogP contribution is -2.64. The molecule has 6 N–H and O–H groups in total. The van der Waals surface area contributed by atoms with Crippen molar-refractivity contribution in [3.63, 3.8) is 0 Å². The topological polar surface area (TPSA) is 222 Å². The molecule has 14 nitrogen and oxygen atoms in total. The maximum Gasteiger partial charge on any atom is 0.472 e. The van der Waals surface area contributed by atoms with Crippen LogP contribution in [-0.2, 0) is 37.4 Å². The Bertz CT molecular complexity index is 1630. The quantitative estimate of drug-likeness (QED) is 0.0114. The van der Waals surface area contributed by atoms with Gasteiger partial charge in [-0.2, -0.15) is 0 Å². The smallest absolute Gasteiger partial charge is 0.462 e. The lowest BCUT2D eigenvalue weighted by Gasteiger charge is -2.41. The van der Waals surface area contributed by atoms with Gasteiger partial charge in [-0.05, 0) is 89.9 Å². The summed E-state index contributed by atoms with van der Waals surface area (Å²) >= 11 is 0. The highest BCUT2D eigenvalue weighted by Gasteiger charge is 2.51. The van der Waals surface area contributed by atoms with Gasteiger partial charge in [0, 0.05) is 12.8 Å². The van der Waals surface area contributed by atoms with Crippen LogP contribution in [0.5, 0.6) is 0 Å². The molecular formula is C51H79O14P. The Hall–Kier alpha value is -3.53. The van der Waals surface area contributed by atoms with Gasteiger partial charge in [0.15, 0.2) is 6.10 Å². The number of rotatable bonds is 36. The summed E-state index contributed by atoms with van der Waals surface area (Å²) < 4.78 is 39.1. The summed E-state index contributed by atoms with van der Waals surface area (Å²) in [7, 11) is -5.16. The summed E-state index contributed by atoms with van der Waals surface area (Å²) in [5, 5.41) is 50.2. The molecule has 0 bridgehead atoms. The van der Waals surface area contributed by atoms with Gasteiger partial charge in [0.1, 0.15) is 43.2 Å². The van der Waals surface area contributed by atoms with Crippen LogP contribution in [0.2, 0.25) is 0 Å². The van der Waals surface area contributed by atoms with Gasteiger partial charge in [-0.3, -0.25) is 18.6 Å². The fraction of sp³-hybridized carbons (Fsp3) is 0.608. The first kappa shape index (κ1) is 58.6. The van der Waals surface area contributed by atoms with E-state index in [2.05, 4.69) is 105 Å². The van der Waals surface area contributed by atoms with E-state index in [9.17, 15) is 44.6 Å². The molecule has 0 aromatic heterocycles. The third-order valence-electron chi connectivity index (χ3n) is 10.5. The van der Waals surface area contributed by atoms with Crippen LogP contribution in [-0.4, -0.2) is 111 Å². The third kappa shape index (κ3) is 28.0.